The van der Waals surface area contributed by atoms with Crippen molar-refractivity contribution in [3.8, 4) is 0 Å². The van der Waals surface area contributed by atoms with Gasteiger partial charge < -0.3 is 79.5 Å². The molecule has 0 aromatic rings. The Hall–Kier alpha value is -1.39. The van der Waals surface area contributed by atoms with Crippen LogP contribution in [0.15, 0.2) is 11.6 Å². The summed E-state index contributed by atoms with van der Waals surface area (Å²) in [6.45, 7) is 16.0. The quantitative estimate of drug-likeness (QED) is 0.0960. The van der Waals surface area contributed by atoms with E-state index in [2.05, 4.69) is 40.7 Å². The largest absolute Gasteiger partial charge is 0.432 e. The fourth-order valence-electron chi connectivity index (χ4n) is 14.9. The number of aliphatic hydroxyl groups excluding tert-OH is 9. The number of esters is 1. The highest BCUT2D eigenvalue weighted by molar-refractivity contribution is 5.79. The van der Waals surface area contributed by atoms with E-state index in [-0.39, 0.29) is 41.3 Å². The van der Waals surface area contributed by atoms with E-state index in [1.165, 1.54) is 6.92 Å². The van der Waals surface area contributed by atoms with Gasteiger partial charge in [-0.2, -0.15) is 0 Å². The highest BCUT2D eigenvalue weighted by atomic mass is 16.8. The molecule has 5 aliphatic carbocycles. The van der Waals surface area contributed by atoms with Crippen molar-refractivity contribution >= 4 is 5.97 Å². The molecular formula is C47H76O17. The molecule has 8 aliphatic rings. The van der Waals surface area contributed by atoms with E-state index >= 15 is 0 Å². The molecule has 0 unspecified atom stereocenters. The summed E-state index contributed by atoms with van der Waals surface area (Å²) in [6.07, 6.45) is -12.0. The molecule has 366 valence electrons. The molecule has 0 aromatic carbocycles. The van der Waals surface area contributed by atoms with Gasteiger partial charge in [-0.25, -0.2) is 0 Å². The molecule has 3 aliphatic heterocycles. The summed E-state index contributed by atoms with van der Waals surface area (Å²) < 4.78 is 36.1. The van der Waals surface area contributed by atoms with E-state index in [4.69, 9.17) is 28.4 Å². The van der Waals surface area contributed by atoms with Crippen LogP contribution >= 0.6 is 0 Å². The molecule has 10 N–H and O–H groups in total. The second-order valence-corrected chi connectivity index (χ2v) is 22.7. The summed E-state index contributed by atoms with van der Waals surface area (Å²) in [5.41, 5.74) is -2.62. The molecule has 0 radical (unpaired) electrons. The first-order valence-electron chi connectivity index (χ1n) is 23.7. The predicted molar refractivity (Wildman–Crippen MR) is 224 cm³/mol. The van der Waals surface area contributed by atoms with Crippen LogP contribution in [0.1, 0.15) is 113 Å². The first-order chi connectivity index (χ1) is 29.8. The topological polar surface area (TPSA) is 275 Å². The van der Waals surface area contributed by atoms with Gasteiger partial charge in [0.15, 0.2) is 12.6 Å². The van der Waals surface area contributed by atoms with Crippen molar-refractivity contribution in [2.24, 2.45) is 50.7 Å². The Balaban J connectivity index is 1.05. The van der Waals surface area contributed by atoms with Crippen LogP contribution in [0.3, 0.4) is 0 Å². The van der Waals surface area contributed by atoms with Gasteiger partial charge in [0.2, 0.25) is 6.29 Å². The molecule has 0 spiro atoms. The Morgan fingerprint density at radius 3 is 2.08 bits per heavy atom. The van der Waals surface area contributed by atoms with Crippen LogP contribution in [-0.2, 0) is 33.2 Å². The molecule has 8 rings (SSSR count). The monoisotopic (exact) mass is 913 g/mol. The number of allylic oxidation sites excluding steroid dienone is 1. The third kappa shape index (κ3) is 7.23. The maximum absolute atomic E-state index is 14.7. The van der Waals surface area contributed by atoms with E-state index in [9.17, 15) is 55.9 Å². The molecule has 0 aromatic heterocycles. The zero-order chi connectivity index (χ0) is 46.9. The first-order valence-corrected chi connectivity index (χ1v) is 23.7. The normalized spacial score (nSPS) is 56.1. The fourth-order valence-corrected chi connectivity index (χ4v) is 14.9. The Morgan fingerprint density at radius 2 is 1.39 bits per heavy atom. The van der Waals surface area contributed by atoms with E-state index in [0.717, 1.165) is 31.3 Å². The summed E-state index contributed by atoms with van der Waals surface area (Å²) in [5.74, 6) is -0.983. The molecule has 3 saturated heterocycles. The van der Waals surface area contributed by atoms with Crippen molar-refractivity contribution in [3.05, 3.63) is 11.6 Å². The number of ether oxygens (including phenoxy) is 6. The molecule has 0 bridgehead atoms. The molecule has 24 atom stereocenters. The van der Waals surface area contributed by atoms with Crippen LogP contribution in [0.2, 0.25) is 0 Å². The van der Waals surface area contributed by atoms with E-state index in [1.807, 2.05) is 13.8 Å². The SMILES string of the molecule is C[C@@H]1O[C@@H](O[C@H]2[C@@H](O[C@H]3CC[C@]4(C)[C@H]5CC=C6[C@H]7[C@](C(=O)O[C@@H]8O[C@H](CO)[C@@H](O)[C@H](O)[C@H]8O)(CC[C@@H](C)[C@@]7(C)O)CC[C@@]6(C)[C@]5(C)CC[C@H]4C3(C)C)OC[C@H](O)[C@@H]2O)[C@H](O)[C@H](O)[C@H]1O. The standard InChI is InChI=1S/C47H76O17/c1-21-11-16-47(41(57)64-39-35(56)33(54)31(52)25(19-48)61-39)18-17-44(6)23(37(47)46(21,8)58)9-10-27-43(5)14-13-28(42(3,4)26(43)12-15-45(27,44)7)62-40-36(30(51)24(49)20-59-40)63-38-34(55)32(53)29(50)22(2)60-38/h9,21-22,24-40,48-56,58H,10-20H2,1-8H3/t21-,22+,24+,25-,26+,27-,28+,29+,30+,31-,32-,33+,34-,35-,36-,37-,38+,39+,40-,43+,44-,45-,46-,47+/m1/s1. The molecule has 17 nitrogen and oxygen atoms in total. The second kappa shape index (κ2) is 16.9. The van der Waals surface area contributed by atoms with E-state index < -0.39 is 126 Å². The Kier molecular flexibility index (Phi) is 13.0. The fraction of sp³-hybridized carbons (Fsp3) is 0.936. The molecule has 3 heterocycles. The second-order valence-electron chi connectivity index (χ2n) is 22.7. The summed E-state index contributed by atoms with van der Waals surface area (Å²) in [6, 6.07) is 0. The van der Waals surface area contributed by atoms with Crippen molar-refractivity contribution in [2.75, 3.05) is 13.2 Å². The van der Waals surface area contributed by atoms with Crippen LogP contribution < -0.4 is 0 Å². The Morgan fingerprint density at radius 1 is 0.719 bits per heavy atom. The van der Waals surface area contributed by atoms with Gasteiger partial charge in [-0.1, -0.05) is 53.2 Å². The molecular weight excluding hydrogens is 836 g/mol. The average molecular weight is 913 g/mol. The van der Waals surface area contributed by atoms with Crippen molar-refractivity contribution in [2.45, 2.75) is 211 Å². The maximum Gasteiger partial charge on any atom is 0.315 e. The minimum absolute atomic E-state index is 0.144. The summed E-state index contributed by atoms with van der Waals surface area (Å²) in [5, 5.41) is 107. The zero-order valence-electron chi connectivity index (χ0n) is 38.7. The summed E-state index contributed by atoms with van der Waals surface area (Å²) in [7, 11) is 0. The molecule has 7 fully saturated rings. The number of carbonyl (C=O) groups is 1. The van der Waals surface area contributed by atoms with E-state index in [0.29, 0.717) is 32.1 Å². The van der Waals surface area contributed by atoms with Crippen LogP contribution in [0, 0.1) is 50.7 Å². The number of rotatable bonds is 7. The average Bonchev–Trinajstić information content (AvgIpc) is 3.24. The number of fused-ring (bicyclic) bond motifs is 7. The third-order valence-corrected chi connectivity index (χ3v) is 19.3. The van der Waals surface area contributed by atoms with Gasteiger partial charge in [-0.3, -0.25) is 4.79 Å². The lowest BCUT2D eigenvalue weighted by Crippen LogP contribution is -2.68. The number of hydrogen-bond acceptors (Lipinski definition) is 17. The lowest BCUT2D eigenvalue weighted by Gasteiger charge is -2.72. The van der Waals surface area contributed by atoms with Gasteiger partial charge in [0.25, 0.3) is 0 Å². The van der Waals surface area contributed by atoms with E-state index in [1.54, 1.807) is 0 Å². The maximum atomic E-state index is 14.7. The first kappa shape index (κ1) is 49.0. The van der Waals surface area contributed by atoms with Crippen molar-refractivity contribution in [1.29, 1.82) is 0 Å². The van der Waals surface area contributed by atoms with Crippen LogP contribution in [0.5, 0.6) is 0 Å². The molecule has 64 heavy (non-hydrogen) atoms. The van der Waals surface area contributed by atoms with Gasteiger partial charge in [0.05, 0.1) is 36.4 Å². The lowest BCUT2D eigenvalue weighted by atomic mass is 9.33. The predicted octanol–water partition coefficient (Wildman–Crippen LogP) is 0.778. The molecule has 0 amide bonds. The third-order valence-electron chi connectivity index (χ3n) is 19.3. The Bertz CT molecular complexity index is 1760. The summed E-state index contributed by atoms with van der Waals surface area (Å²) in [4.78, 5) is 14.7. The van der Waals surface area contributed by atoms with Gasteiger partial charge in [-0.15, -0.1) is 0 Å². The molecule has 4 saturated carbocycles. The van der Waals surface area contributed by atoms with Crippen LogP contribution in [0.25, 0.3) is 0 Å². The van der Waals surface area contributed by atoms with Crippen LogP contribution in [-0.4, -0.2) is 168 Å². The van der Waals surface area contributed by atoms with Gasteiger partial charge in [-0.05, 0) is 111 Å². The number of aliphatic hydroxyl groups is 10. The van der Waals surface area contributed by atoms with Gasteiger partial charge >= 0.3 is 5.97 Å². The van der Waals surface area contributed by atoms with Crippen molar-refractivity contribution < 1.29 is 84.3 Å². The Labute approximate surface area is 376 Å². The van der Waals surface area contributed by atoms with Gasteiger partial charge in [0, 0.05) is 5.92 Å². The van der Waals surface area contributed by atoms with Crippen molar-refractivity contribution in [1.82, 2.24) is 0 Å². The van der Waals surface area contributed by atoms with Crippen molar-refractivity contribution in [3.63, 3.8) is 0 Å². The highest BCUT2D eigenvalue weighted by Gasteiger charge is 2.72. The lowest BCUT2D eigenvalue weighted by molar-refractivity contribution is -0.364. The number of hydrogen-bond donors (Lipinski definition) is 10. The molecule has 17 heteroatoms. The summed E-state index contributed by atoms with van der Waals surface area (Å²) >= 11 is 0. The smallest absolute Gasteiger partial charge is 0.315 e. The number of carbonyl (C=O) groups excluding carboxylic acids is 1. The van der Waals surface area contributed by atoms with Crippen LogP contribution in [0.4, 0.5) is 0 Å². The minimum Gasteiger partial charge on any atom is -0.432 e. The highest BCUT2D eigenvalue weighted by Crippen LogP contribution is 2.76. The zero-order valence-corrected chi connectivity index (χ0v) is 38.7. The van der Waals surface area contributed by atoms with Gasteiger partial charge in [0.1, 0.15) is 61.0 Å². The minimum atomic E-state index is -1.74.